The molecule has 0 spiro atoms. The Hall–Kier alpha value is -2.38. The topological polar surface area (TPSA) is 89.7 Å². The van der Waals surface area contributed by atoms with Gasteiger partial charge in [-0.2, -0.15) is 0 Å². The number of amides is 1. The maximum Gasteiger partial charge on any atom is 0.254 e. The minimum absolute atomic E-state index is 0.0360. The van der Waals surface area contributed by atoms with Crippen LogP contribution in [-0.2, 0) is 10.0 Å². The minimum atomic E-state index is -3.88. The first-order valence-electron chi connectivity index (χ1n) is 8.81. The van der Waals surface area contributed by atoms with Gasteiger partial charge in [0.05, 0.1) is 18.0 Å². The third kappa shape index (κ3) is 3.84. The van der Waals surface area contributed by atoms with Crippen LogP contribution in [0.5, 0.6) is 5.75 Å². The molecule has 2 aromatic carbocycles. The summed E-state index contributed by atoms with van der Waals surface area (Å²) in [6.45, 7) is 4.23. The number of primary sulfonamides is 1. The summed E-state index contributed by atoms with van der Waals surface area (Å²) in [5.74, 6) is 0.571. The SMILES string of the molecule is COc1cccc([C@H]2CCCN2C(=O)c2cc(S(N)(=O)=O)cc(C)c2C)c1. The number of ether oxygens (including phenoxy) is 1. The number of likely N-dealkylation sites (tertiary alicyclic amines) is 1. The minimum Gasteiger partial charge on any atom is -0.497 e. The van der Waals surface area contributed by atoms with Crippen LogP contribution in [0.2, 0.25) is 0 Å². The molecule has 27 heavy (non-hydrogen) atoms. The molecule has 1 fully saturated rings. The standard InChI is InChI=1S/C20H24N2O4S/c1-13-10-17(27(21,24)25)12-18(14(13)2)20(23)22-9-5-8-19(22)15-6-4-7-16(11-15)26-3/h4,6-7,10-12,19H,5,8-9H2,1-3H3,(H2,21,24,25)/t19-/m1/s1. The van der Waals surface area contributed by atoms with Gasteiger partial charge in [0.2, 0.25) is 10.0 Å². The van der Waals surface area contributed by atoms with E-state index in [1.807, 2.05) is 36.1 Å². The summed E-state index contributed by atoms with van der Waals surface area (Å²) in [5, 5.41) is 5.28. The Morgan fingerprint density at radius 3 is 2.63 bits per heavy atom. The van der Waals surface area contributed by atoms with Crippen LogP contribution < -0.4 is 9.88 Å². The Morgan fingerprint density at radius 2 is 1.96 bits per heavy atom. The molecule has 2 aromatic rings. The molecule has 0 aliphatic carbocycles. The molecule has 1 atom stereocenters. The predicted octanol–water partition coefficient (Wildman–Crippen LogP) is 2.94. The molecule has 1 aliphatic rings. The number of carbonyl (C=O) groups is 1. The maximum atomic E-state index is 13.3. The number of sulfonamides is 1. The van der Waals surface area contributed by atoms with E-state index in [0.29, 0.717) is 12.1 Å². The second kappa shape index (κ2) is 7.32. The van der Waals surface area contributed by atoms with Gasteiger partial charge in [0, 0.05) is 12.1 Å². The third-order valence-electron chi connectivity index (χ3n) is 5.19. The van der Waals surface area contributed by atoms with Gasteiger partial charge in [0.25, 0.3) is 5.91 Å². The lowest BCUT2D eigenvalue weighted by molar-refractivity contribution is 0.0734. The van der Waals surface area contributed by atoms with Crippen molar-refractivity contribution in [2.24, 2.45) is 5.14 Å². The molecule has 0 unspecified atom stereocenters. The van der Waals surface area contributed by atoms with Crippen LogP contribution in [0.15, 0.2) is 41.3 Å². The van der Waals surface area contributed by atoms with Gasteiger partial charge in [-0.15, -0.1) is 0 Å². The molecule has 1 heterocycles. The van der Waals surface area contributed by atoms with Crippen molar-refractivity contribution in [1.82, 2.24) is 4.90 Å². The van der Waals surface area contributed by atoms with Gasteiger partial charge in [-0.3, -0.25) is 4.79 Å². The smallest absolute Gasteiger partial charge is 0.254 e. The molecular weight excluding hydrogens is 364 g/mol. The third-order valence-corrected chi connectivity index (χ3v) is 6.08. The van der Waals surface area contributed by atoms with Crippen LogP contribution in [0.4, 0.5) is 0 Å². The lowest BCUT2D eigenvalue weighted by Gasteiger charge is -2.26. The first-order chi connectivity index (χ1) is 12.7. The van der Waals surface area contributed by atoms with Crippen LogP contribution >= 0.6 is 0 Å². The Balaban J connectivity index is 2.01. The zero-order chi connectivity index (χ0) is 19.8. The molecule has 6 nitrogen and oxygen atoms in total. The predicted molar refractivity (Wildman–Crippen MR) is 103 cm³/mol. The van der Waals surface area contributed by atoms with Crippen molar-refractivity contribution in [2.75, 3.05) is 13.7 Å². The molecule has 144 valence electrons. The zero-order valence-electron chi connectivity index (χ0n) is 15.7. The van der Waals surface area contributed by atoms with Gasteiger partial charge in [-0.25, -0.2) is 13.6 Å². The Morgan fingerprint density at radius 1 is 1.22 bits per heavy atom. The lowest BCUT2D eigenvalue weighted by Crippen LogP contribution is -2.31. The van der Waals surface area contributed by atoms with E-state index in [0.717, 1.165) is 35.3 Å². The largest absolute Gasteiger partial charge is 0.497 e. The van der Waals surface area contributed by atoms with E-state index in [2.05, 4.69) is 0 Å². The van der Waals surface area contributed by atoms with E-state index in [9.17, 15) is 13.2 Å². The summed E-state index contributed by atoms with van der Waals surface area (Å²) >= 11 is 0. The molecule has 0 bridgehead atoms. The van der Waals surface area contributed by atoms with Crippen LogP contribution in [0, 0.1) is 13.8 Å². The first kappa shape index (κ1) is 19.4. The molecule has 2 N–H and O–H groups in total. The van der Waals surface area contributed by atoms with Crippen LogP contribution in [0.3, 0.4) is 0 Å². The fourth-order valence-electron chi connectivity index (χ4n) is 3.57. The van der Waals surface area contributed by atoms with Gasteiger partial charge < -0.3 is 9.64 Å². The summed E-state index contributed by atoms with van der Waals surface area (Å²) in [4.78, 5) is 15.1. The number of nitrogens with two attached hydrogens (primary N) is 1. The molecule has 0 aromatic heterocycles. The average Bonchev–Trinajstić information content (AvgIpc) is 3.12. The number of benzene rings is 2. The molecule has 1 aliphatic heterocycles. The highest BCUT2D eigenvalue weighted by Gasteiger charge is 2.32. The second-order valence-corrected chi connectivity index (χ2v) is 8.45. The van der Waals surface area contributed by atoms with E-state index in [4.69, 9.17) is 9.88 Å². The Bertz CT molecular complexity index is 985. The van der Waals surface area contributed by atoms with Crippen LogP contribution in [0.25, 0.3) is 0 Å². The molecule has 0 saturated carbocycles. The van der Waals surface area contributed by atoms with E-state index < -0.39 is 10.0 Å². The van der Waals surface area contributed by atoms with Crippen molar-refractivity contribution >= 4 is 15.9 Å². The maximum absolute atomic E-state index is 13.3. The van der Waals surface area contributed by atoms with Crippen molar-refractivity contribution in [2.45, 2.75) is 37.6 Å². The van der Waals surface area contributed by atoms with Crippen molar-refractivity contribution in [3.8, 4) is 5.75 Å². The van der Waals surface area contributed by atoms with Gasteiger partial charge in [-0.1, -0.05) is 12.1 Å². The van der Waals surface area contributed by atoms with Gasteiger partial charge >= 0.3 is 0 Å². The van der Waals surface area contributed by atoms with E-state index in [1.165, 1.54) is 12.1 Å². The number of methoxy groups -OCH3 is 1. The molecule has 1 amide bonds. The second-order valence-electron chi connectivity index (χ2n) is 6.89. The molecule has 3 rings (SSSR count). The highest BCUT2D eigenvalue weighted by molar-refractivity contribution is 7.89. The molecule has 7 heteroatoms. The number of hydrogen-bond donors (Lipinski definition) is 1. The summed E-state index contributed by atoms with van der Waals surface area (Å²) in [7, 11) is -2.27. The molecule has 0 radical (unpaired) electrons. The van der Waals surface area contributed by atoms with Gasteiger partial charge in [0.15, 0.2) is 0 Å². The van der Waals surface area contributed by atoms with Crippen molar-refractivity contribution in [3.05, 3.63) is 58.7 Å². The molecule has 1 saturated heterocycles. The number of nitrogens with zero attached hydrogens (tertiary/aromatic N) is 1. The average molecular weight is 388 g/mol. The summed E-state index contributed by atoms with van der Waals surface area (Å²) in [5.41, 5.74) is 2.89. The van der Waals surface area contributed by atoms with Gasteiger partial charge in [0.1, 0.15) is 5.75 Å². The van der Waals surface area contributed by atoms with Crippen molar-refractivity contribution < 1.29 is 17.9 Å². The van der Waals surface area contributed by atoms with Crippen LogP contribution in [0.1, 0.15) is 45.9 Å². The first-order valence-corrected chi connectivity index (χ1v) is 10.4. The number of carbonyl (C=O) groups excluding carboxylic acids is 1. The highest BCUT2D eigenvalue weighted by Crippen LogP contribution is 2.35. The molecular formula is C20H24N2O4S. The van der Waals surface area contributed by atoms with Crippen molar-refractivity contribution in [1.29, 1.82) is 0 Å². The summed E-state index contributed by atoms with van der Waals surface area (Å²) in [6.07, 6.45) is 1.74. The fourth-order valence-corrected chi connectivity index (χ4v) is 4.20. The fraction of sp³-hybridized carbons (Fsp3) is 0.350. The Kier molecular flexibility index (Phi) is 5.26. The number of hydrogen-bond acceptors (Lipinski definition) is 4. The van der Waals surface area contributed by atoms with Crippen LogP contribution in [-0.4, -0.2) is 32.9 Å². The van der Waals surface area contributed by atoms with E-state index in [1.54, 1.807) is 14.0 Å². The summed E-state index contributed by atoms with van der Waals surface area (Å²) in [6, 6.07) is 10.5. The Labute approximate surface area is 160 Å². The monoisotopic (exact) mass is 388 g/mol. The number of rotatable bonds is 4. The lowest BCUT2D eigenvalue weighted by atomic mass is 10.0. The van der Waals surface area contributed by atoms with E-state index in [-0.39, 0.29) is 16.8 Å². The number of aryl methyl sites for hydroxylation is 1. The summed E-state index contributed by atoms with van der Waals surface area (Å²) < 4.78 is 28.9. The van der Waals surface area contributed by atoms with Gasteiger partial charge in [-0.05, 0) is 67.6 Å². The van der Waals surface area contributed by atoms with Crippen molar-refractivity contribution in [3.63, 3.8) is 0 Å². The normalized spacial score (nSPS) is 17.2. The quantitative estimate of drug-likeness (QED) is 0.872. The van der Waals surface area contributed by atoms with E-state index >= 15 is 0 Å². The zero-order valence-corrected chi connectivity index (χ0v) is 16.5. The highest BCUT2D eigenvalue weighted by atomic mass is 32.2.